The Labute approximate surface area is 154 Å². The number of thiazole rings is 1. The molecule has 0 aliphatic carbocycles. The lowest BCUT2D eigenvalue weighted by atomic mass is 10.1. The van der Waals surface area contributed by atoms with Crippen LogP contribution in [0.4, 0.5) is 5.13 Å². The van der Waals surface area contributed by atoms with E-state index >= 15 is 0 Å². The molecule has 0 saturated heterocycles. The van der Waals surface area contributed by atoms with Crippen molar-refractivity contribution in [2.24, 2.45) is 0 Å². The summed E-state index contributed by atoms with van der Waals surface area (Å²) in [6.45, 7) is -0.416. The number of methoxy groups -OCH3 is 2. The number of nitrogens with one attached hydrogen (secondary N) is 1. The van der Waals surface area contributed by atoms with Gasteiger partial charge in [-0.25, -0.2) is 4.98 Å². The van der Waals surface area contributed by atoms with Crippen molar-refractivity contribution in [2.45, 2.75) is 12.8 Å². The van der Waals surface area contributed by atoms with E-state index in [1.54, 1.807) is 36.8 Å². The third-order valence-electron chi connectivity index (χ3n) is 3.22. The molecule has 0 fully saturated rings. The molecule has 2 aromatic rings. The summed E-state index contributed by atoms with van der Waals surface area (Å²) in [5.74, 6) is -0.750. The predicted octanol–water partition coefficient (Wildman–Crippen LogP) is 1.59. The van der Waals surface area contributed by atoms with Crippen LogP contribution >= 0.6 is 11.3 Å². The fraction of sp³-hybridized carbons (Fsp3) is 0.294. The van der Waals surface area contributed by atoms with E-state index in [1.807, 2.05) is 0 Å². The summed E-state index contributed by atoms with van der Waals surface area (Å²) in [6, 6.07) is 6.98. The summed E-state index contributed by atoms with van der Waals surface area (Å²) >= 11 is 1.17. The van der Waals surface area contributed by atoms with Gasteiger partial charge in [-0.15, -0.1) is 11.3 Å². The number of ether oxygens (including phenoxy) is 3. The Morgan fingerprint density at radius 3 is 2.46 bits per heavy atom. The quantitative estimate of drug-likeness (QED) is 0.696. The minimum Gasteiger partial charge on any atom is -0.497 e. The zero-order valence-corrected chi connectivity index (χ0v) is 15.1. The van der Waals surface area contributed by atoms with Crippen LogP contribution in [0.5, 0.6) is 5.75 Å². The van der Waals surface area contributed by atoms with Gasteiger partial charge in [0.05, 0.1) is 32.8 Å². The molecule has 26 heavy (non-hydrogen) atoms. The molecule has 9 heteroatoms. The highest BCUT2D eigenvalue weighted by molar-refractivity contribution is 7.13. The molecule has 0 unspecified atom stereocenters. The number of nitrogens with zero attached hydrogens (tertiary/aromatic N) is 1. The first-order valence-electron chi connectivity index (χ1n) is 7.59. The number of amides is 1. The molecular weight excluding hydrogens is 360 g/mol. The maximum Gasteiger partial charge on any atom is 0.311 e. The van der Waals surface area contributed by atoms with Crippen molar-refractivity contribution in [3.63, 3.8) is 0 Å². The Kier molecular flexibility index (Phi) is 7.10. The van der Waals surface area contributed by atoms with E-state index in [0.29, 0.717) is 16.6 Å². The van der Waals surface area contributed by atoms with Gasteiger partial charge in [-0.2, -0.15) is 0 Å². The van der Waals surface area contributed by atoms with Gasteiger partial charge in [-0.05, 0) is 17.7 Å². The number of hydrogen-bond acceptors (Lipinski definition) is 8. The molecule has 8 nitrogen and oxygen atoms in total. The highest BCUT2D eigenvalue weighted by Gasteiger charge is 2.12. The van der Waals surface area contributed by atoms with Gasteiger partial charge in [-0.3, -0.25) is 19.7 Å². The molecule has 1 amide bonds. The Morgan fingerprint density at radius 2 is 1.81 bits per heavy atom. The highest BCUT2D eigenvalue weighted by Crippen LogP contribution is 2.16. The molecule has 1 aromatic heterocycles. The number of carbonyl (C=O) groups excluding carboxylic acids is 3. The van der Waals surface area contributed by atoms with Crippen molar-refractivity contribution in [3.05, 3.63) is 40.9 Å². The molecule has 138 valence electrons. The fourth-order valence-corrected chi connectivity index (χ4v) is 2.65. The average molecular weight is 378 g/mol. The third-order valence-corrected chi connectivity index (χ3v) is 4.03. The smallest absolute Gasteiger partial charge is 0.311 e. The second-order valence-electron chi connectivity index (χ2n) is 5.13. The number of carbonyl (C=O) groups is 3. The van der Waals surface area contributed by atoms with E-state index in [2.05, 4.69) is 15.0 Å². The number of aromatic nitrogens is 1. The van der Waals surface area contributed by atoms with Gasteiger partial charge in [0, 0.05) is 5.38 Å². The minimum absolute atomic E-state index is 0.0275. The van der Waals surface area contributed by atoms with Crippen molar-refractivity contribution < 1.29 is 28.6 Å². The fourth-order valence-electron chi connectivity index (χ4n) is 1.93. The second kappa shape index (κ2) is 9.52. The molecule has 2 rings (SSSR count). The lowest BCUT2D eigenvalue weighted by molar-refractivity contribution is -0.146. The monoisotopic (exact) mass is 378 g/mol. The van der Waals surface area contributed by atoms with Gasteiger partial charge in [0.25, 0.3) is 5.91 Å². The maximum atomic E-state index is 11.8. The molecule has 1 heterocycles. The molecule has 0 spiro atoms. The second-order valence-corrected chi connectivity index (χ2v) is 5.99. The lowest BCUT2D eigenvalue weighted by Gasteiger charge is -2.05. The number of anilines is 1. The largest absolute Gasteiger partial charge is 0.497 e. The molecule has 0 aliphatic heterocycles. The van der Waals surface area contributed by atoms with Crippen molar-refractivity contribution in [1.82, 2.24) is 4.98 Å². The van der Waals surface area contributed by atoms with E-state index in [1.165, 1.54) is 18.4 Å². The van der Waals surface area contributed by atoms with E-state index < -0.39 is 24.5 Å². The van der Waals surface area contributed by atoms with Crippen LogP contribution in [-0.4, -0.2) is 43.7 Å². The summed E-state index contributed by atoms with van der Waals surface area (Å²) in [5, 5.41) is 4.47. The van der Waals surface area contributed by atoms with Crippen molar-refractivity contribution in [2.75, 3.05) is 26.1 Å². The van der Waals surface area contributed by atoms with Crippen molar-refractivity contribution in [1.29, 1.82) is 0 Å². The zero-order chi connectivity index (χ0) is 18.9. The van der Waals surface area contributed by atoms with Crippen LogP contribution in [0.2, 0.25) is 0 Å². The first-order chi connectivity index (χ1) is 12.5. The summed E-state index contributed by atoms with van der Waals surface area (Å²) in [5.41, 5.74) is 1.25. The number of esters is 2. The van der Waals surface area contributed by atoms with Gasteiger partial charge in [0.1, 0.15) is 5.75 Å². The van der Waals surface area contributed by atoms with Crippen LogP contribution < -0.4 is 10.1 Å². The summed E-state index contributed by atoms with van der Waals surface area (Å²) in [4.78, 5) is 38.8. The Hall–Kier alpha value is -2.94. The van der Waals surface area contributed by atoms with Gasteiger partial charge in [0.2, 0.25) is 0 Å². The molecule has 0 aliphatic rings. The van der Waals surface area contributed by atoms with Crippen LogP contribution in [0.25, 0.3) is 0 Å². The van der Waals surface area contributed by atoms with Crippen LogP contribution in [0.1, 0.15) is 11.3 Å². The van der Waals surface area contributed by atoms with Crippen LogP contribution in [-0.2, 0) is 36.7 Å². The summed E-state index contributed by atoms with van der Waals surface area (Å²) in [7, 11) is 2.85. The standard InChI is InChI=1S/C17H18N2O6S/c1-23-13-5-3-11(4-6-13)7-16(22)25-9-14(20)19-17-18-12(10-26-17)8-15(21)24-2/h3-6,10H,7-9H2,1-2H3,(H,18,19,20). The topological polar surface area (TPSA) is 104 Å². The molecule has 0 bridgehead atoms. The number of hydrogen-bond donors (Lipinski definition) is 1. The van der Waals surface area contributed by atoms with E-state index in [9.17, 15) is 14.4 Å². The predicted molar refractivity (Wildman–Crippen MR) is 94.1 cm³/mol. The minimum atomic E-state index is -0.518. The average Bonchev–Trinajstić information content (AvgIpc) is 3.07. The zero-order valence-electron chi connectivity index (χ0n) is 14.3. The van der Waals surface area contributed by atoms with E-state index in [0.717, 1.165) is 5.56 Å². The number of rotatable bonds is 8. The third kappa shape index (κ3) is 6.17. The van der Waals surface area contributed by atoms with Crippen molar-refractivity contribution >= 4 is 34.3 Å². The first kappa shape index (κ1) is 19.4. The SMILES string of the molecule is COC(=O)Cc1csc(NC(=O)COC(=O)Cc2ccc(OC)cc2)n1. The van der Waals surface area contributed by atoms with Crippen LogP contribution in [0.3, 0.4) is 0 Å². The van der Waals surface area contributed by atoms with Gasteiger partial charge in [0.15, 0.2) is 11.7 Å². The van der Waals surface area contributed by atoms with Crippen LogP contribution in [0.15, 0.2) is 29.6 Å². The Bertz CT molecular complexity index is 772. The molecule has 1 aromatic carbocycles. The lowest BCUT2D eigenvalue weighted by Crippen LogP contribution is -2.21. The molecule has 0 saturated carbocycles. The Morgan fingerprint density at radius 1 is 1.08 bits per heavy atom. The normalized spacial score (nSPS) is 10.1. The van der Waals surface area contributed by atoms with E-state index in [4.69, 9.17) is 9.47 Å². The first-order valence-corrected chi connectivity index (χ1v) is 8.47. The molecular formula is C17H18N2O6S. The van der Waals surface area contributed by atoms with Gasteiger partial charge >= 0.3 is 11.9 Å². The molecule has 0 atom stereocenters. The van der Waals surface area contributed by atoms with Crippen molar-refractivity contribution in [3.8, 4) is 5.75 Å². The summed E-state index contributed by atoms with van der Waals surface area (Å²) < 4.78 is 14.5. The van der Waals surface area contributed by atoms with Gasteiger partial charge in [-0.1, -0.05) is 12.1 Å². The van der Waals surface area contributed by atoms with Crippen LogP contribution in [0, 0.1) is 0 Å². The summed E-state index contributed by atoms with van der Waals surface area (Å²) in [6.07, 6.45) is 0.0809. The highest BCUT2D eigenvalue weighted by atomic mass is 32.1. The Balaban J connectivity index is 1.75. The number of benzene rings is 1. The van der Waals surface area contributed by atoms with Gasteiger partial charge < -0.3 is 14.2 Å². The maximum absolute atomic E-state index is 11.8. The molecule has 1 N–H and O–H groups in total. The van der Waals surface area contributed by atoms with E-state index in [-0.39, 0.29) is 12.8 Å². The molecule has 0 radical (unpaired) electrons.